The number of halogens is 1. The summed E-state index contributed by atoms with van der Waals surface area (Å²) in [6.07, 6.45) is 3.61. The Kier molecular flexibility index (Phi) is 4.47. The number of aromatic nitrogens is 2. The third-order valence-electron chi connectivity index (χ3n) is 3.53. The highest BCUT2D eigenvalue weighted by Crippen LogP contribution is 2.13. The summed E-state index contributed by atoms with van der Waals surface area (Å²) < 4.78 is 1.29. The van der Waals surface area contributed by atoms with E-state index in [-0.39, 0.29) is 0 Å². The zero-order valence-corrected chi connectivity index (χ0v) is 13.4. The van der Waals surface area contributed by atoms with E-state index in [2.05, 4.69) is 66.6 Å². The van der Waals surface area contributed by atoms with Crippen LogP contribution in [-0.4, -0.2) is 41.0 Å². The van der Waals surface area contributed by atoms with Gasteiger partial charge in [0.25, 0.3) is 0 Å². The smallest absolute Gasteiger partial charge is 0.225 e. The van der Waals surface area contributed by atoms with Crippen molar-refractivity contribution in [3.05, 3.63) is 51.9 Å². The van der Waals surface area contributed by atoms with Crippen LogP contribution in [0.4, 0.5) is 5.95 Å². The predicted molar refractivity (Wildman–Crippen MR) is 88.7 cm³/mol. The summed E-state index contributed by atoms with van der Waals surface area (Å²) in [6.45, 7) is 5.14. The highest BCUT2D eigenvalue weighted by atomic mass is 127. The fourth-order valence-corrected chi connectivity index (χ4v) is 2.77. The number of benzene rings is 1. The maximum absolute atomic E-state index is 4.32. The molecule has 2 heterocycles. The first-order valence-corrected chi connectivity index (χ1v) is 7.88. The van der Waals surface area contributed by atoms with Gasteiger partial charge < -0.3 is 4.90 Å². The van der Waals surface area contributed by atoms with E-state index in [9.17, 15) is 0 Å². The number of piperazine rings is 1. The minimum absolute atomic E-state index is 0.849. The standard InChI is InChI=1S/C15H17IN4/c16-14-4-2-13(3-5-14)12-19-8-10-20(11-9-19)15-17-6-1-7-18-15/h1-7H,8-12H2. The molecule has 0 aliphatic carbocycles. The Morgan fingerprint density at radius 1 is 0.950 bits per heavy atom. The molecule has 1 fully saturated rings. The molecule has 0 atom stereocenters. The van der Waals surface area contributed by atoms with E-state index < -0.39 is 0 Å². The molecule has 104 valence electrons. The number of nitrogens with zero attached hydrogens (tertiary/aromatic N) is 4. The predicted octanol–water partition coefficient (Wildman–Crippen LogP) is 2.40. The molecule has 3 rings (SSSR count). The highest BCUT2D eigenvalue weighted by Gasteiger charge is 2.18. The Labute approximate surface area is 133 Å². The molecule has 1 aliphatic heterocycles. The lowest BCUT2D eigenvalue weighted by Gasteiger charge is -2.34. The van der Waals surface area contributed by atoms with Crippen molar-refractivity contribution < 1.29 is 0 Å². The number of hydrogen-bond acceptors (Lipinski definition) is 4. The zero-order valence-electron chi connectivity index (χ0n) is 11.2. The van der Waals surface area contributed by atoms with Crippen molar-refractivity contribution in [1.82, 2.24) is 14.9 Å². The third-order valence-corrected chi connectivity index (χ3v) is 4.25. The first kappa shape index (κ1) is 13.8. The molecule has 0 N–H and O–H groups in total. The van der Waals surface area contributed by atoms with Crippen LogP contribution in [0.15, 0.2) is 42.7 Å². The average Bonchev–Trinajstić information content (AvgIpc) is 2.51. The van der Waals surface area contributed by atoms with Crippen LogP contribution in [0, 0.1) is 3.57 Å². The Morgan fingerprint density at radius 3 is 2.25 bits per heavy atom. The maximum atomic E-state index is 4.32. The van der Waals surface area contributed by atoms with Gasteiger partial charge in [-0.15, -0.1) is 0 Å². The van der Waals surface area contributed by atoms with E-state index in [1.807, 2.05) is 6.07 Å². The first-order valence-electron chi connectivity index (χ1n) is 6.80. The molecular weight excluding hydrogens is 363 g/mol. The molecule has 2 aromatic rings. The molecule has 0 saturated carbocycles. The molecule has 1 aromatic heterocycles. The zero-order chi connectivity index (χ0) is 13.8. The second-order valence-corrected chi connectivity index (χ2v) is 6.18. The summed E-state index contributed by atoms with van der Waals surface area (Å²) in [7, 11) is 0. The topological polar surface area (TPSA) is 32.3 Å². The van der Waals surface area contributed by atoms with Gasteiger partial charge in [-0.1, -0.05) is 12.1 Å². The van der Waals surface area contributed by atoms with Gasteiger partial charge in [-0.3, -0.25) is 4.90 Å². The van der Waals surface area contributed by atoms with E-state index in [0.717, 1.165) is 38.7 Å². The van der Waals surface area contributed by atoms with Crippen LogP contribution in [0.1, 0.15) is 5.56 Å². The number of anilines is 1. The van der Waals surface area contributed by atoms with Crippen LogP contribution >= 0.6 is 22.6 Å². The second kappa shape index (κ2) is 6.49. The second-order valence-electron chi connectivity index (χ2n) is 4.94. The molecule has 1 aliphatic rings. The summed E-state index contributed by atoms with van der Waals surface area (Å²) in [5.74, 6) is 0.849. The minimum Gasteiger partial charge on any atom is -0.338 e. The molecule has 0 radical (unpaired) electrons. The molecule has 20 heavy (non-hydrogen) atoms. The fraction of sp³-hybridized carbons (Fsp3) is 0.333. The van der Waals surface area contributed by atoms with Gasteiger partial charge in [0, 0.05) is 48.7 Å². The molecule has 0 bridgehead atoms. The van der Waals surface area contributed by atoms with Gasteiger partial charge in [0.15, 0.2) is 0 Å². The van der Waals surface area contributed by atoms with E-state index >= 15 is 0 Å². The third kappa shape index (κ3) is 3.46. The van der Waals surface area contributed by atoms with Crippen molar-refractivity contribution in [2.24, 2.45) is 0 Å². The fourth-order valence-electron chi connectivity index (χ4n) is 2.41. The lowest BCUT2D eigenvalue weighted by Crippen LogP contribution is -2.46. The highest BCUT2D eigenvalue weighted by molar-refractivity contribution is 14.1. The van der Waals surface area contributed by atoms with Crippen LogP contribution in [0.25, 0.3) is 0 Å². The van der Waals surface area contributed by atoms with Crippen molar-refractivity contribution in [2.75, 3.05) is 31.1 Å². The lowest BCUT2D eigenvalue weighted by atomic mass is 10.2. The Balaban J connectivity index is 1.55. The van der Waals surface area contributed by atoms with Crippen molar-refractivity contribution in [3.8, 4) is 0 Å². The summed E-state index contributed by atoms with van der Waals surface area (Å²) in [5.41, 5.74) is 1.38. The van der Waals surface area contributed by atoms with Crippen LogP contribution < -0.4 is 4.90 Å². The van der Waals surface area contributed by atoms with Gasteiger partial charge in [-0.25, -0.2) is 9.97 Å². The molecule has 0 spiro atoms. The number of hydrogen-bond donors (Lipinski definition) is 0. The van der Waals surface area contributed by atoms with E-state index in [4.69, 9.17) is 0 Å². The van der Waals surface area contributed by atoms with Crippen LogP contribution in [0.5, 0.6) is 0 Å². The molecule has 0 amide bonds. The van der Waals surface area contributed by atoms with Gasteiger partial charge >= 0.3 is 0 Å². The molecule has 0 unspecified atom stereocenters. The van der Waals surface area contributed by atoms with Gasteiger partial charge in [0.2, 0.25) is 5.95 Å². The molecule has 4 nitrogen and oxygen atoms in total. The normalized spacial score (nSPS) is 16.4. The van der Waals surface area contributed by atoms with Crippen LogP contribution in [0.3, 0.4) is 0 Å². The molecular formula is C15H17IN4. The Morgan fingerprint density at radius 2 is 1.60 bits per heavy atom. The summed E-state index contributed by atoms with van der Waals surface area (Å²) in [6, 6.07) is 10.6. The molecule has 1 aromatic carbocycles. The largest absolute Gasteiger partial charge is 0.338 e. The van der Waals surface area contributed by atoms with Crippen molar-refractivity contribution >= 4 is 28.5 Å². The van der Waals surface area contributed by atoms with Gasteiger partial charge in [-0.05, 0) is 46.4 Å². The van der Waals surface area contributed by atoms with Crippen LogP contribution in [0.2, 0.25) is 0 Å². The minimum atomic E-state index is 0.849. The van der Waals surface area contributed by atoms with E-state index in [1.165, 1.54) is 9.13 Å². The summed E-state index contributed by atoms with van der Waals surface area (Å²) >= 11 is 2.34. The van der Waals surface area contributed by atoms with Crippen LogP contribution in [-0.2, 0) is 6.54 Å². The van der Waals surface area contributed by atoms with Gasteiger partial charge in [-0.2, -0.15) is 0 Å². The lowest BCUT2D eigenvalue weighted by molar-refractivity contribution is 0.248. The van der Waals surface area contributed by atoms with Gasteiger partial charge in [0.05, 0.1) is 0 Å². The quantitative estimate of drug-likeness (QED) is 0.766. The van der Waals surface area contributed by atoms with Crippen molar-refractivity contribution in [1.29, 1.82) is 0 Å². The Bertz CT molecular complexity index is 536. The number of rotatable bonds is 3. The Hall–Kier alpha value is -1.21. The monoisotopic (exact) mass is 380 g/mol. The van der Waals surface area contributed by atoms with Gasteiger partial charge in [0.1, 0.15) is 0 Å². The summed E-state index contributed by atoms with van der Waals surface area (Å²) in [5, 5.41) is 0. The molecule has 1 saturated heterocycles. The van der Waals surface area contributed by atoms with E-state index in [1.54, 1.807) is 12.4 Å². The van der Waals surface area contributed by atoms with Crippen molar-refractivity contribution in [3.63, 3.8) is 0 Å². The average molecular weight is 380 g/mol. The maximum Gasteiger partial charge on any atom is 0.225 e. The molecule has 5 heteroatoms. The SMILES string of the molecule is Ic1ccc(CN2CCN(c3ncccn3)CC2)cc1. The first-order chi connectivity index (χ1) is 9.81. The van der Waals surface area contributed by atoms with Crippen molar-refractivity contribution in [2.45, 2.75) is 6.54 Å². The summed E-state index contributed by atoms with van der Waals surface area (Å²) in [4.78, 5) is 13.4. The van der Waals surface area contributed by atoms with E-state index in [0.29, 0.717) is 0 Å².